The van der Waals surface area contributed by atoms with E-state index in [1.165, 1.54) is 12.1 Å². The van der Waals surface area contributed by atoms with Crippen molar-refractivity contribution in [2.75, 3.05) is 13.1 Å². The lowest BCUT2D eigenvalue weighted by Crippen LogP contribution is -2.28. The van der Waals surface area contributed by atoms with Crippen molar-refractivity contribution in [2.45, 2.75) is 19.3 Å². The highest BCUT2D eigenvalue weighted by atomic mass is 19.1. The Bertz CT molecular complexity index is 547. The first-order valence-electron chi connectivity index (χ1n) is 6.73. The van der Waals surface area contributed by atoms with E-state index in [2.05, 4.69) is 10.5 Å². The molecule has 0 aliphatic carbocycles. The summed E-state index contributed by atoms with van der Waals surface area (Å²) in [5.41, 5.74) is 1.75. The number of rotatable bonds is 3. The van der Waals surface area contributed by atoms with E-state index in [0.717, 1.165) is 49.2 Å². The van der Waals surface area contributed by atoms with E-state index in [-0.39, 0.29) is 5.82 Å². The van der Waals surface area contributed by atoms with Gasteiger partial charge in [-0.3, -0.25) is 0 Å². The quantitative estimate of drug-likeness (QED) is 0.921. The highest BCUT2D eigenvalue weighted by molar-refractivity contribution is 5.64. The molecule has 1 aliphatic heterocycles. The number of nitrogens with zero attached hydrogens (tertiary/aromatic N) is 1. The van der Waals surface area contributed by atoms with Crippen molar-refractivity contribution in [3.8, 4) is 11.1 Å². The Hall–Kier alpha value is -1.68. The topological polar surface area (TPSA) is 38.1 Å². The maximum absolute atomic E-state index is 13.3. The predicted octanol–water partition coefficient (Wildman–Crippen LogP) is 3.02. The standard InChI is InChI=1S/C15H17FN2O/c16-13-3-1-2-12(9-13)14-10-18-19-15(14)8-11-4-6-17-7-5-11/h1-3,9-11,17H,4-8H2. The van der Waals surface area contributed by atoms with Crippen molar-refractivity contribution in [1.82, 2.24) is 10.5 Å². The molecule has 19 heavy (non-hydrogen) atoms. The van der Waals surface area contributed by atoms with Gasteiger partial charge in [-0.05, 0) is 49.5 Å². The molecule has 0 radical (unpaired) electrons. The maximum Gasteiger partial charge on any atom is 0.144 e. The minimum Gasteiger partial charge on any atom is -0.361 e. The van der Waals surface area contributed by atoms with Gasteiger partial charge in [0, 0.05) is 12.0 Å². The molecule has 1 saturated heterocycles. The first kappa shape index (κ1) is 12.4. The lowest BCUT2D eigenvalue weighted by atomic mass is 9.91. The van der Waals surface area contributed by atoms with Crippen LogP contribution in [0.1, 0.15) is 18.6 Å². The Morgan fingerprint density at radius 3 is 2.95 bits per heavy atom. The van der Waals surface area contributed by atoms with Crippen molar-refractivity contribution in [2.24, 2.45) is 5.92 Å². The monoisotopic (exact) mass is 260 g/mol. The molecular weight excluding hydrogens is 243 g/mol. The van der Waals surface area contributed by atoms with Gasteiger partial charge in [0.05, 0.1) is 6.20 Å². The first-order valence-corrected chi connectivity index (χ1v) is 6.73. The van der Waals surface area contributed by atoms with Crippen molar-refractivity contribution < 1.29 is 8.91 Å². The van der Waals surface area contributed by atoms with Crippen LogP contribution in [-0.4, -0.2) is 18.2 Å². The molecule has 0 spiro atoms. The molecule has 0 bridgehead atoms. The van der Waals surface area contributed by atoms with E-state index in [0.29, 0.717) is 5.92 Å². The summed E-state index contributed by atoms with van der Waals surface area (Å²) in [5.74, 6) is 1.27. The van der Waals surface area contributed by atoms with Crippen LogP contribution in [0.3, 0.4) is 0 Å². The van der Waals surface area contributed by atoms with Crippen LogP contribution in [0.2, 0.25) is 0 Å². The Kier molecular flexibility index (Phi) is 3.60. The molecule has 1 aromatic heterocycles. The van der Waals surface area contributed by atoms with E-state index in [9.17, 15) is 4.39 Å². The van der Waals surface area contributed by atoms with E-state index in [1.54, 1.807) is 12.3 Å². The van der Waals surface area contributed by atoms with Crippen LogP contribution in [0.25, 0.3) is 11.1 Å². The zero-order valence-electron chi connectivity index (χ0n) is 10.7. The molecule has 2 heterocycles. The zero-order chi connectivity index (χ0) is 13.1. The van der Waals surface area contributed by atoms with E-state index in [4.69, 9.17) is 4.52 Å². The summed E-state index contributed by atoms with van der Waals surface area (Å²) in [7, 11) is 0. The normalized spacial score (nSPS) is 16.7. The van der Waals surface area contributed by atoms with Crippen LogP contribution < -0.4 is 5.32 Å². The fourth-order valence-electron chi connectivity index (χ4n) is 2.65. The number of hydrogen-bond acceptors (Lipinski definition) is 3. The molecule has 1 fully saturated rings. The minimum absolute atomic E-state index is 0.230. The molecule has 4 heteroatoms. The van der Waals surface area contributed by atoms with Gasteiger partial charge in [-0.15, -0.1) is 0 Å². The van der Waals surface area contributed by atoms with Crippen LogP contribution in [0.5, 0.6) is 0 Å². The fourth-order valence-corrected chi connectivity index (χ4v) is 2.65. The van der Waals surface area contributed by atoms with Crippen molar-refractivity contribution in [1.29, 1.82) is 0 Å². The van der Waals surface area contributed by atoms with E-state index in [1.807, 2.05) is 6.07 Å². The van der Waals surface area contributed by atoms with Gasteiger partial charge in [-0.25, -0.2) is 4.39 Å². The molecule has 1 N–H and O–H groups in total. The van der Waals surface area contributed by atoms with Crippen LogP contribution in [0, 0.1) is 11.7 Å². The van der Waals surface area contributed by atoms with Gasteiger partial charge >= 0.3 is 0 Å². The average Bonchev–Trinajstić information content (AvgIpc) is 2.88. The van der Waals surface area contributed by atoms with Gasteiger partial charge in [0.1, 0.15) is 11.6 Å². The SMILES string of the molecule is Fc1cccc(-c2cnoc2CC2CCNCC2)c1. The maximum atomic E-state index is 13.3. The van der Waals surface area contributed by atoms with E-state index >= 15 is 0 Å². The Morgan fingerprint density at radius 1 is 1.32 bits per heavy atom. The fraction of sp³-hybridized carbons (Fsp3) is 0.400. The number of aromatic nitrogens is 1. The van der Waals surface area contributed by atoms with Crippen LogP contribution in [-0.2, 0) is 6.42 Å². The van der Waals surface area contributed by atoms with Crippen molar-refractivity contribution in [3.05, 3.63) is 42.0 Å². The summed E-state index contributed by atoms with van der Waals surface area (Å²) in [5, 5.41) is 7.23. The largest absolute Gasteiger partial charge is 0.361 e. The minimum atomic E-state index is -0.230. The molecule has 0 saturated carbocycles. The molecule has 0 amide bonds. The summed E-state index contributed by atoms with van der Waals surface area (Å²) in [4.78, 5) is 0. The number of nitrogens with one attached hydrogen (secondary N) is 1. The van der Waals surface area contributed by atoms with Crippen molar-refractivity contribution in [3.63, 3.8) is 0 Å². The lowest BCUT2D eigenvalue weighted by Gasteiger charge is -2.21. The molecular formula is C15H17FN2O. The van der Waals surface area contributed by atoms with Gasteiger partial charge < -0.3 is 9.84 Å². The molecule has 0 unspecified atom stereocenters. The molecule has 2 aromatic rings. The second kappa shape index (κ2) is 5.53. The van der Waals surface area contributed by atoms with Crippen LogP contribution >= 0.6 is 0 Å². The van der Waals surface area contributed by atoms with Gasteiger partial charge in [0.2, 0.25) is 0 Å². The van der Waals surface area contributed by atoms with Gasteiger partial charge in [-0.1, -0.05) is 17.3 Å². The van der Waals surface area contributed by atoms with Crippen LogP contribution in [0.4, 0.5) is 4.39 Å². The van der Waals surface area contributed by atoms with Crippen LogP contribution in [0.15, 0.2) is 35.0 Å². The summed E-state index contributed by atoms with van der Waals surface area (Å²) in [6, 6.07) is 6.58. The summed E-state index contributed by atoms with van der Waals surface area (Å²) in [6.45, 7) is 2.13. The summed E-state index contributed by atoms with van der Waals surface area (Å²) < 4.78 is 18.7. The second-order valence-electron chi connectivity index (χ2n) is 5.07. The van der Waals surface area contributed by atoms with Gasteiger partial charge in [0.15, 0.2) is 0 Å². The first-order chi connectivity index (χ1) is 9.33. The average molecular weight is 260 g/mol. The number of benzene rings is 1. The summed E-state index contributed by atoms with van der Waals surface area (Å²) in [6.07, 6.45) is 4.88. The number of piperidine rings is 1. The Labute approximate surface area is 111 Å². The Balaban J connectivity index is 1.81. The molecule has 3 rings (SSSR count). The van der Waals surface area contributed by atoms with Gasteiger partial charge in [0.25, 0.3) is 0 Å². The molecule has 3 nitrogen and oxygen atoms in total. The predicted molar refractivity (Wildman–Crippen MR) is 71.2 cm³/mol. The third kappa shape index (κ3) is 2.84. The van der Waals surface area contributed by atoms with E-state index < -0.39 is 0 Å². The molecule has 1 aromatic carbocycles. The number of hydrogen-bond donors (Lipinski definition) is 1. The van der Waals surface area contributed by atoms with Crippen molar-refractivity contribution >= 4 is 0 Å². The molecule has 100 valence electrons. The summed E-state index contributed by atoms with van der Waals surface area (Å²) >= 11 is 0. The van der Waals surface area contributed by atoms with Gasteiger partial charge in [-0.2, -0.15) is 0 Å². The highest BCUT2D eigenvalue weighted by Gasteiger charge is 2.19. The zero-order valence-corrected chi connectivity index (χ0v) is 10.7. The smallest absolute Gasteiger partial charge is 0.144 e. The Morgan fingerprint density at radius 2 is 2.16 bits per heavy atom. The third-order valence-electron chi connectivity index (χ3n) is 3.71. The lowest BCUT2D eigenvalue weighted by molar-refractivity contribution is 0.319. The second-order valence-corrected chi connectivity index (χ2v) is 5.07. The number of halogens is 1. The molecule has 1 aliphatic rings. The highest BCUT2D eigenvalue weighted by Crippen LogP contribution is 2.28. The third-order valence-corrected chi connectivity index (χ3v) is 3.71. The molecule has 0 atom stereocenters.